The number of carbonyl (C=O) groups excluding carboxylic acids is 1. The van der Waals surface area contributed by atoms with Gasteiger partial charge in [-0.05, 0) is 71.5 Å². The van der Waals surface area contributed by atoms with E-state index in [4.69, 9.17) is 11.6 Å². The molecule has 4 rings (SSSR count). The second-order valence-corrected chi connectivity index (χ2v) is 7.03. The Hall–Kier alpha value is -2.93. The van der Waals surface area contributed by atoms with Crippen molar-refractivity contribution in [3.63, 3.8) is 0 Å². The maximum absolute atomic E-state index is 12.5. The summed E-state index contributed by atoms with van der Waals surface area (Å²) in [6, 6.07) is 12.9. The summed E-state index contributed by atoms with van der Waals surface area (Å²) in [4.78, 5) is 12.5. The van der Waals surface area contributed by atoms with Gasteiger partial charge in [-0.2, -0.15) is 5.21 Å². The monoisotopic (exact) mass is 382 g/mol. The van der Waals surface area contributed by atoms with Crippen molar-refractivity contribution in [1.29, 1.82) is 0 Å². The highest BCUT2D eigenvalue weighted by Crippen LogP contribution is 2.42. The van der Waals surface area contributed by atoms with Crippen LogP contribution in [-0.4, -0.2) is 33.6 Å². The van der Waals surface area contributed by atoms with Crippen LogP contribution in [0.4, 0.5) is 5.69 Å². The van der Waals surface area contributed by atoms with E-state index in [1.807, 2.05) is 36.4 Å². The molecule has 0 unspecified atom stereocenters. The summed E-state index contributed by atoms with van der Waals surface area (Å²) in [5.74, 6) is 0.955. The first-order valence-corrected chi connectivity index (χ1v) is 9.14. The number of aromatic amines is 1. The van der Waals surface area contributed by atoms with Gasteiger partial charge in [0.1, 0.15) is 6.04 Å². The molecule has 8 heteroatoms. The summed E-state index contributed by atoms with van der Waals surface area (Å²) in [5.41, 5.74) is 3.69. The molecule has 3 N–H and O–H groups in total. The molecule has 0 spiro atoms. The summed E-state index contributed by atoms with van der Waals surface area (Å²) in [7, 11) is 1.63. The Balaban J connectivity index is 1.60. The Kier molecular flexibility index (Phi) is 4.77. The summed E-state index contributed by atoms with van der Waals surface area (Å²) < 4.78 is 0. The lowest BCUT2D eigenvalue weighted by atomic mass is 10.0. The zero-order valence-electron chi connectivity index (χ0n) is 14.7. The first-order chi connectivity index (χ1) is 13.1. The number of anilines is 1. The van der Waals surface area contributed by atoms with Crippen LogP contribution in [0.3, 0.4) is 0 Å². The Bertz CT molecular complexity index is 937. The fourth-order valence-corrected chi connectivity index (χ4v) is 3.32. The van der Waals surface area contributed by atoms with Crippen molar-refractivity contribution < 1.29 is 4.79 Å². The highest BCUT2D eigenvalue weighted by Gasteiger charge is 2.27. The number of aromatic nitrogens is 4. The van der Waals surface area contributed by atoms with E-state index in [-0.39, 0.29) is 5.91 Å². The molecule has 1 aliphatic rings. The maximum atomic E-state index is 12.5. The van der Waals surface area contributed by atoms with E-state index in [0.29, 0.717) is 16.8 Å². The molecule has 1 aromatic heterocycles. The minimum atomic E-state index is -0.540. The molecule has 0 bridgehead atoms. The number of carbonyl (C=O) groups is 1. The molecule has 27 heavy (non-hydrogen) atoms. The smallest absolute Gasteiger partial charge is 0.246 e. The predicted octanol–water partition coefficient (Wildman–Crippen LogP) is 3.30. The van der Waals surface area contributed by atoms with E-state index >= 15 is 0 Å². The third kappa shape index (κ3) is 3.93. The summed E-state index contributed by atoms with van der Waals surface area (Å²) in [5, 5.41) is 20.6. The van der Waals surface area contributed by atoms with Crippen molar-refractivity contribution in [2.75, 3.05) is 12.4 Å². The highest BCUT2D eigenvalue weighted by atomic mass is 35.5. The lowest BCUT2D eigenvalue weighted by molar-refractivity contribution is -0.121. The molecule has 138 valence electrons. The summed E-state index contributed by atoms with van der Waals surface area (Å²) in [6.45, 7) is 0. The van der Waals surface area contributed by atoms with Crippen LogP contribution in [0.1, 0.15) is 35.9 Å². The first-order valence-electron chi connectivity index (χ1n) is 8.76. The van der Waals surface area contributed by atoms with Crippen LogP contribution in [0, 0.1) is 0 Å². The van der Waals surface area contributed by atoms with Crippen LogP contribution in [-0.2, 0) is 4.79 Å². The molecule has 0 saturated heterocycles. The minimum Gasteiger partial charge on any atom is -0.370 e. The van der Waals surface area contributed by atoms with Crippen molar-refractivity contribution in [3.05, 3.63) is 58.6 Å². The van der Waals surface area contributed by atoms with Crippen LogP contribution in [0.15, 0.2) is 42.5 Å². The number of halogens is 1. The lowest BCUT2D eigenvalue weighted by Gasteiger charge is -2.20. The second kappa shape index (κ2) is 7.36. The van der Waals surface area contributed by atoms with Gasteiger partial charge in [0.15, 0.2) is 0 Å². The van der Waals surface area contributed by atoms with E-state index in [1.54, 1.807) is 7.05 Å². The van der Waals surface area contributed by atoms with E-state index in [0.717, 1.165) is 16.8 Å². The van der Waals surface area contributed by atoms with Crippen LogP contribution in [0.25, 0.3) is 11.4 Å². The van der Waals surface area contributed by atoms with E-state index < -0.39 is 6.04 Å². The topological polar surface area (TPSA) is 95.6 Å². The van der Waals surface area contributed by atoms with Gasteiger partial charge in [-0.25, -0.2) is 0 Å². The molecule has 7 nitrogen and oxygen atoms in total. The molecule has 3 aromatic rings. The Labute approximate surface area is 161 Å². The van der Waals surface area contributed by atoms with Crippen LogP contribution >= 0.6 is 11.6 Å². The third-order valence-corrected chi connectivity index (χ3v) is 4.85. The van der Waals surface area contributed by atoms with Gasteiger partial charge in [0.05, 0.1) is 0 Å². The van der Waals surface area contributed by atoms with Crippen LogP contribution in [0.2, 0.25) is 5.02 Å². The van der Waals surface area contributed by atoms with Gasteiger partial charge < -0.3 is 10.6 Å². The van der Waals surface area contributed by atoms with Crippen molar-refractivity contribution in [2.45, 2.75) is 24.8 Å². The van der Waals surface area contributed by atoms with Gasteiger partial charge in [-0.3, -0.25) is 4.79 Å². The molecule has 0 aliphatic heterocycles. The number of hydrogen-bond acceptors (Lipinski definition) is 5. The van der Waals surface area contributed by atoms with Gasteiger partial charge in [-0.1, -0.05) is 17.7 Å². The number of hydrogen-bond donors (Lipinski definition) is 3. The number of nitrogens with zero attached hydrogens (tertiary/aromatic N) is 3. The molecule has 1 heterocycles. The van der Waals surface area contributed by atoms with Crippen LogP contribution in [0.5, 0.6) is 0 Å². The summed E-state index contributed by atoms with van der Waals surface area (Å²) in [6.07, 6.45) is 2.35. The SMILES string of the molecule is CNC(=O)[C@H](Nc1ccc(-c2nn[nH]n2)cc1)c1cc(Cl)cc(C2CC2)c1. The number of rotatable bonds is 6. The van der Waals surface area contributed by atoms with Crippen molar-refractivity contribution in [2.24, 2.45) is 0 Å². The lowest BCUT2D eigenvalue weighted by Crippen LogP contribution is -2.31. The molecule has 0 radical (unpaired) electrons. The Morgan fingerprint density at radius 3 is 2.63 bits per heavy atom. The van der Waals surface area contributed by atoms with Crippen molar-refractivity contribution >= 4 is 23.2 Å². The number of benzene rings is 2. The number of tetrazole rings is 1. The quantitative estimate of drug-likeness (QED) is 0.608. The van der Waals surface area contributed by atoms with Gasteiger partial charge in [0, 0.05) is 23.3 Å². The molecular weight excluding hydrogens is 364 g/mol. The van der Waals surface area contributed by atoms with Crippen LogP contribution < -0.4 is 10.6 Å². The standard InChI is InChI=1S/C19H19ClN6O/c1-21-19(27)17(14-8-13(11-2-3-11)9-15(20)10-14)22-16-6-4-12(5-7-16)18-23-25-26-24-18/h4-11,17,22H,2-3H2,1H3,(H,21,27)(H,23,24,25,26)/t17-/m1/s1. The van der Waals surface area contributed by atoms with Crippen molar-refractivity contribution in [3.8, 4) is 11.4 Å². The molecule has 2 aromatic carbocycles. The molecule has 1 aliphatic carbocycles. The largest absolute Gasteiger partial charge is 0.370 e. The Morgan fingerprint density at radius 1 is 1.22 bits per heavy atom. The number of H-pyrrole nitrogens is 1. The zero-order chi connectivity index (χ0) is 18.8. The fourth-order valence-electron chi connectivity index (χ4n) is 3.07. The predicted molar refractivity (Wildman–Crippen MR) is 103 cm³/mol. The highest BCUT2D eigenvalue weighted by molar-refractivity contribution is 6.30. The molecule has 1 atom stereocenters. The number of nitrogens with one attached hydrogen (secondary N) is 3. The average Bonchev–Trinajstić information content (AvgIpc) is 3.40. The Morgan fingerprint density at radius 2 is 2.00 bits per heavy atom. The third-order valence-electron chi connectivity index (χ3n) is 4.63. The van der Waals surface area contributed by atoms with E-state index in [2.05, 4.69) is 37.3 Å². The van der Waals surface area contributed by atoms with Gasteiger partial charge in [0.2, 0.25) is 11.7 Å². The zero-order valence-corrected chi connectivity index (χ0v) is 15.5. The summed E-state index contributed by atoms with van der Waals surface area (Å²) >= 11 is 6.31. The minimum absolute atomic E-state index is 0.124. The maximum Gasteiger partial charge on any atom is 0.246 e. The van der Waals surface area contributed by atoms with Gasteiger partial charge >= 0.3 is 0 Å². The van der Waals surface area contributed by atoms with Gasteiger partial charge in [0.25, 0.3) is 0 Å². The first kappa shape index (κ1) is 17.5. The molecule has 1 saturated carbocycles. The fraction of sp³-hybridized carbons (Fsp3) is 0.263. The molecule has 1 amide bonds. The molecular formula is C19H19ClN6O. The van der Waals surface area contributed by atoms with E-state index in [1.165, 1.54) is 18.4 Å². The second-order valence-electron chi connectivity index (χ2n) is 6.60. The average molecular weight is 383 g/mol. The van der Waals surface area contributed by atoms with Gasteiger partial charge in [-0.15, -0.1) is 10.2 Å². The number of amides is 1. The number of likely N-dealkylation sites (N-methyl/N-ethyl adjacent to an activating group) is 1. The molecule has 1 fully saturated rings. The van der Waals surface area contributed by atoms with E-state index in [9.17, 15) is 4.79 Å². The van der Waals surface area contributed by atoms with Crippen molar-refractivity contribution in [1.82, 2.24) is 25.9 Å². The normalized spacial score (nSPS) is 14.6.